The highest BCUT2D eigenvalue weighted by Crippen LogP contribution is 2.24. The van der Waals surface area contributed by atoms with Crippen LogP contribution in [-0.2, 0) is 17.8 Å². The number of aliphatic carboxylic acids is 1. The summed E-state index contributed by atoms with van der Waals surface area (Å²) < 4.78 is 1.85. The molecule has 4 rings (SSSR count). The van der Waals surface area contributed by atoms with Gasteiger partial charge in [0.25, 0.3) is 5.91 Å². The number of benzene rings is 1. The molecule has 1 fully saturated rings. The number of hydrogen-bond donors (Lipinski definition) is 2. The highest BCUT2D eigenvalue weighted by molar-refractivity contribution is 5.94. The summed E-state index contributed by atoms with van der Waals surface area (Å²) in [6, 6.07) is 12.1. The van der Waals surface area contributed by atoms with Gasteiger partial charge in [0, 0.05) is 31.5 Å². The van der Waals surface area contributed by atoms with Crippen molar-refractivity contribution in [3.05, 3.63) is 65.1 Å². The van der Waals surface area contributed by atoms with Crippen molar-refractivity contribution in [2.24, 2.45) is 5.92 Å². The number of fused-ring (bicyclic) bond motifs is 1. The number of carbonyl (C=O) groups excluding carboxylic acids is 1. The monoisotopic (exact) mass is 420 g/mol. The maximum atomic E-state index is 12.9. The molecular weight excluding hydrogens is 392 g/mol. The molecule has 0 atom stereocenters. The number of piperidine rings is 1. The number of pyridine rings is 1. The molecule has 1 aliphatic heterocycles. The molecule has 1 saturated heterocycles. The Labute approximate surface area is 181 Å². The fourth-order valence-corrected chi connectivity index (χ4v) is 4.16. The lowest BCUT2D eigenvalue weighted by Crippen LogP contribution is -2.36. The Kier molecular flexibility index (Phi) is 5.93. The first-order valence-corrected chi connectivity index (χ1v) is 10.8. The minimum absolute atomic E-state index is 0.131. The van der Waals surface area contributed by atoms with E-state index in [0.717, 1.165) is 41.2 Å². The van der Waals surface area contributed by atoms with Crippen LogP contribution in [0, 0.1) is 12.8 Å². The van der Waals surface area contributed by atoms with Gasteiger partial charge in [-0.25, -0.2) is 4.98 Å². The van der Waals surface area contributed by atoms with Gasteiger partial charge in [0.2, 0.25) is 0 Å². The van der Waals surface area contributed by atoms with E-state index in [-0.39, 0.29) is 11.8 Å². The molecular formula is C24H28N4O3. The predicted molar refractivity (Wildman–Crippen MR) is 119 cm³/mol. The fraction of sp³-hybridized carbons (Fsp3) is 0.375. The van der Waals surface area contributed by atoms with Crippen LogP contribution in [0.3, 0.4) is 0 Å². The molecule has 0 aliphatic carbocycles. The highest BCUT2D eigenvalue weighted by atomic mass is 16.4. The van der Waals surface area contributed by atoms with Crippen molar-refractivity contribution >= 4 is 23.2 Å². The zero-order chi connectivity index (χ0) is 22.0. The van der Waals surface area contributed by atoms with Gasteiger partial charge in [-0.2, -0.15) is 0 Å². The van der Waals surface area contributed by atoms with Crippen LogP contribution < -0.4 is 10.2 Å². The van der Waals surface area contributed by atoms with E-state index in [1.54, 1.807) is 0 Å². The Morgan fingerprint density at radius 2 is 1.87 bits per heavy atom. The molecule has 7 nitrogen and oxygen atoms in total. The minimum Gasteiger partial charge on any atom is -0.481 e. The molecule has 1 aliphatic rings. The molecule has 2 aromatic heterocycles. The molecule has 31 heavy (non-hydrogen) atoms. The maximum absolute atomic E-state index is 12.9. The van der Waals surface area contributed by atoms with Gasteiger partial charge < -0.3 is 15.3 Å². The van der Waals surface area contributed by atoms with Crippen LogP contribution in [0.4, 0.5) is 5.69 Å². The second kappa shape index (κ2) is 8.79. The molecule has 0 radical (unpaired) electrons. The molecule has 0 unspecified atom stereocenters. The second-order valence-corrected chi connectivity index (χ2v) is 8.14. The van der Waals surface area contributed by atoms with Gasteiger partial charge in [0.15, 0.2) is 0 Å². The summed E-state index contributed by atoms with van der Waals surface area (Å²) in [6.45, 7) is 5.95. The fourth-order valence-electron chi connectivity index (χ4n) is 4.16. The Hall–Kier alpha value is -3.35. The van der Waals surface area contributed by atoms with E-state index in [1.807, 2.05) is 60.8 Å². The number of rotatable bonds is 6. The van der Waals surface area contributed by atoms with Crippen LogP contribution in [0.15, 0.2) is 42.6 Å². The van der Waals surface area contributed by atoms with Gasteiger partial charge in [-0.05, 0) is 61.6 Å². The number of carboxylic acid groups (broad SMARTS) is 1. The molecule has 162 valence electrons. The van der Waals surface area contributed by atoms with Crippen molar-refractivity contribution in [2.75, 3.05) is 18.0 Å². The average Bonchev–Trinajstić information content (AvgIpc) is 3.15. The third-order valence-electron chi connectivity index (χ3n) is 6.00. The summed E-state index contributed by atoms with van der Waals surface area (Å²) in [5, 5.41) is 12.2. The molecule has 2 N–H and O–H groups in total. The van der Waals surface area contributed by atoms with Gasteiger partial charge in [-0.1, -0.05) is 19.1 Å². The molecule has 0 bridgehead atoms. The van der Waals surface area contributed by atoms with E-state index < -0.39 is 5.97 Å². The van der Waals surface area contributed by atoms with Crippen molar-refractivity contribution in [3.63, 3.8) is 0 Å². The molecule has 0 spiro atoms. The number of aromatic nitrogens is 2. The summed E-state index contributed by atoms with van der Waals surface area (Å²) >= 11 is 0. The Balaban J connectivity index is 1.40. The van der Waals surface area contributed by atoms with Gasteiger partial charge in [-0.15, -0.1) is 0 Å². The molecule has 3 aromatic rings. The van der Waals surface area contributed by atoms with E-state index in [0.29, 0.717) is 31.5 Å². The molecule has 0 saturated carbocycles. The van der Waals surface area contributed by atoms with Crippen LogP contribution in [0.5, 0.6) is 0 Å². The summed E-state index contributed by atoms with van der Waals surface area (Å²) in [7, 11) is 0. The lowest BCUT2D eigenvalue weighted by molar-refractivity contribution is -0.142. The van der Waals surface area contributed by atoms with Crippen molar-refractivity contribution in [2.45, 2.75) is 39.7 Å². The second-order valence-electron chi connectivity index (χ2n) is 8.14. The average molecular weight is 421 g/mol. The number of anilines is 1. The number of carboxylic acids is 1. The predicted octanol–water partition coefficient (Wildman–Crippen LogP) is 3.44. The number of hydrogen-bond acceptors (Lipinski definition) is 4. The van der Waals surface area contributed by atoms with E-state index in [9.17, 15) is 9.59 Å². The summed E-state index contributed by atoms with van der Waals surface area (Å²) in [4.78, 5) is 30.9. The zero-order valence-corrected chi connectivity index (χ0v) is 18.0. The molecule has 7 heteroatoms. The quantitative estimate of drug-likeness (QED) is 0.638. The van der Waals surface area contributed by atoms with Gasteiger partial charge in [-0.3, -0.25) is 14.0 Å². The third kappa shape index (κ3) is 4.40. The molecule has 1 amide bonds. The van der Waals surface area contributed by atoms with Crippen LogP contribution in [0.25, 0.3) is 5.65 Å². The van der Waals surface area contributed by atoms with E-state index in [2.05, 4.69) is 15.2 Å². The van der Waals surface area contributed by atoms with Crippen molar-refractivity contribution in [1.82, 2.24) is 14.7 Å². The smallest absolute Gasteiger partial charge is 0.306 e. The Morgan fingerprint density at radius 3 is 2.52 bits per heavy atom. The molecule has 1 aromatic carbocycles. The van der Waals surface area contributed by atoms with E-state index >= 15 is 0 Å². The van der Waals surface area contributed by atoms with Crippen molar-refractivity contribution < 1.29 is 14.7 Å². The normalized spacial score (nSPS) is 14.7. The Morgan fingerprint density at radius 1 is 1.16 bits per heavy atom. The van der Waals surface area contributed by atoms with E-state index in [1.165, 1.54) is 0 Å². The van der Waals surface area contributed by atoms with Gasteiger partial charge >= 0.3 is 5.97 Å². The van der Waals surface area contributed by atoms with Crippen LogP contribution in [0.1, 0.15) is 47.1 Å². The SMILES string of the molecule is CCc1nc2cc(C)ccn2c1C(=O)NCc1ccc(N2CCC(C(=O)O)CC2)cc1. The first-order chi connectivity index (χ1) is 15.0. The number of carbonyl (C=O) groups is 2. The summed E-state index contributed by atoms with van der Waals surface area (Å²) in [6.07, 6.45) is 3.93. The summed E-state index contributed by atoms with van der Waals surface area (Å²) in [5.74, 6) is -1.06. The number of nitrogens with one attached hydrogen (secondary N) is 1. The first kappa shape index (κ1) is 20.9. The third-order valence-corrected chi connectivity index (χ3v) is 6.00. The standard InChI is InChI=1S/C24H28N4O3/c1-3-20-22(28-13-8-16(2)14-21(28)26-20)23(29)25-15-17-4-6-19(7-5-17)27-11-9-18(10-12-27)24(30)31/h4-8,13-14,18H,3,9-12,15H2,1-2H3,(H,25,29)(H,30,31). The Bertz CT molecular complexity index is 1100. The number of imidazole rings is 1. The van der Waals surface area contributed by atoms with Crippen LogP contribution in [0.2, 0.25) is 0 Å². The van der Waals surface area contributed by atoms with Crippen LogP contribution in [-0.4, -0.2) is 39.5 Å². The van der Waals surface area contributed by atoms with Crippen LogP contribution >= 0.6 is 0 Å². The zero-order valence-electron chi connectivity index (χ0n) is 18.0. The topological polar surface area (TPSA) is 86.9 Å². The van der Waals surface area contributed by atoms with E-state index in [4.69, 9.17) is 5.11 Å². The minimum atomic E-state index is -0.696. The highest BCUT2D eigenvalue weighted by Gasteiger charge is 2.24. The lowest BCUT2D eigenvalue weighted by Gasteiger charge is -2.32. The summed E-state index contributed by atoms with van der Waals surface area (Å²) in [5.41, 5.74) is 5.39. The van der Waals surface area contributed by atoms with Crippen molar-refractivity contribution in [3.8, 4) is 0 Å². The maximum Gasteiger partial charge on any atom is 0.306 e. The van der Waals surface area contributed by atoms with Gasteiger partial charge in [0.1, 0.15) is 11.3 Å². The lowest BCUT2D eigenvalue weighted by atomic mass is 9.96. The number of amides is 1. The van der Waals surface area contributed by atoms with Crippen molar-refractivity contribution in [1.29, 1.82) is 0 Å². The number of nitrogens with zero attached hydrogens (tertiary/aromatic N) is 3. The number of aryl methyl sites for hydroxylation is 2. The molecule has 3 heterocycles. The largest absolute Gasteiger partial charge is 0.481 e. The first-order valence-electron chi connectivity index (χ1n) is 10.8. The van der Waals surface area contributed by atoms with Gasteiger partial charge in [0.05, 0.1) is 11.6 Å².